The first-order chi connectivity index (χ1) is 7.88. The quantitative estimate of drug-likeness (QED) is 0.826. The number of amides is 1. The molecular weight excluding hydrogens is 235 g/mol. The van der Waals surface area contributed by atoms with E-state index in [0.717, 1.165) is 0 Å². The van der Waals surface area contributed by atoms with E-state index in [4.69, 9.17) is 5.73 Å². The Bertz CT molecular complexity index is 595. The molecule has 88 valence electrons. The second kappa shape index (κ2) is 3.69. The zero-order valence-electron chi connectivity index (χ0n) is 8.32. The Kier molecular flexibility index (Phi) is 2.45. The number of carbonyl (C=O) groups excluding carboxylic acids is 1. The van der Waals surface area contributed by atoms with Crippen LogP contribution in [0.5, 0.6) is 0 Å². The highest BCUT2D eigenvalue weighted by Gasteiger charge is 2.33. The van der Waals surface area contributed by atoms with Gasteiger partial charge in [-0.25, -0.2) is 4.98 Å². The van der Waals surface area contributed by atoms with Crippen molar-refractivity contribution >= 4 is 16.9 Å². The van der Waals surface area contributed by atoms with Crippen molar-refractivity contribution in [1.29, 1.82) is 0 Å². The second-order valence-corrected chi connectivity index (χ2v) is 3.32. The van der Waals surface area contributed by atoms with E-state index < -0.39 is 17.8 Å². The summed E-state index contributed by atoms with van der Waals surface area (Å²) in [5.41, 5.74) is 4.39. The van der Waals surface area contributed by atoms with Crippen molar-refractivity contribution in [3.05, 3.63) is 35.7 Å². The molecule has 0 radical (unpaired) electrons. The topological polar surface area (TPSA) is 68.9 Å². The molecule has 4 nitrogen and oxygen atoms in total. The third-order valence-electron chi connectivity index (χ3n) is 2.12. The minimum Gasteiger partial charge on any atom is -0.366 e. The third kappa shape index (κ3) is 2.17. The van der Waals surface area contributed by atoms with Crippen LogP contribution in [0.4, 0.5) is 13.2 Å². The summed E-state index contributed by atoms with van der Waals surface area (Å²) in [6, 6.07) is 3.88. The van der Waals surface area contributed by atoms with Crippen LogP contribution in [0, 0.1) is 0 Å². The van der Waals surface area contributed by atoms with E-state index in [1.54, 1.807) is 0 Å². The molecule has 2 rings (SSSR count). The SMILES string of the molecule is NC(=O)c1ccc2nc(C(F)(F)F)cnc2c1. The summed E-state index contributed by atoms with van der Waals surface area (Å²) >= 11 is 0. The first-order valence-electron chi connectivity index (χ1n) is 4.52. The molecule has 17 heavy (non-hydrogen) atoms. The molecule has 1 aromatic heterocycles. The van der Waals surface area contributed by atoms with E-state index in [2.05, 4.69) is 9.97 Å². The number of alkyl halides is 3. The molecule has 7 heteroatoms. The van der Waals surface area contributed by atoms with Crippen LogP contribution >= 0.6 is 0 Å². The lowest BCUT2D eigenvalue weighted by atomic mass is 10.2. The van der Waals surface area contributed by atoms with Crippen LogP contribution in [-0.4, -0.2) is 15.9 Å². The number of hydrogen-bond donors (Lipinski definition) is 1. The summed E-state index contributed by atoms with van der Waals surface area (Å²) in [5, 5.41) is 0. The fourth-order valence-electron chi connectivity index (χ4n) is 1.30. The predicted molar refractivity (Wildman–Crippen MR) is 53.1 cm³/mol. The average Bonchev–Trinajstić information content (AvgIpc) is 2.26. The fraction of sp³-hybridized carbons (Fsp3) is 0.100. The van der Waals surface area contributed by atoms with Crippen LogP contribution in [0.25, 0.3) is 11.0 Å². The Hall–Kier alpha value is -2.18. The summed E-state index contributed by atoms with van der Waals surface area (Å²) in [6.07, 6.45) is -3.92. The van der Waals surface area contributed by atoms with Gasteiger partial charge in [-0.3, -0.25) is 9.78 Å². The van der Waals surface area contributed by atoms with Gasteiger partial charge in [0.05, 0.1) is 17.2 Å². The number of benzene rings is 1. The lowest BCUT2D eigenvalue weighted by molar-refractivity contribution is -0.141. The van der Waals surface area contributed by atoms with Gasteiger partial charge in [-0.2, -0.15) is 13.2 Å². The zero-order chi connectivity index (χ0) is 12.6. The minimum atomic E-state index is -4.54. The highest BCUT2D eigenvalue weighted by Crippen LogP contribution is 2.28. The van der Waals surface area contributed by atoms with Crippen LogP contribution in [0.1, 0.15) is 16.1 Å². The van der Waals surface area contributed by atoms with Crippen molar-refractivity contribution in [1.82, 2.24) is 9.97 Å². The highest BCUT2D eigenvalue weighted by molar-refractivity contribution is 5.96. The van der Waals surface area contributed by atoms with Gasteiger partial charge in [0.1, 0.15) is 0 Å². The first-order valence-corrected chi connectivity index (χ1v) is 4.52. The van der Waals surface area contributed by atoms with Gasteiger partial charge in [0.2, 0.25) is 5.91 Å². The van der Waals surface area contributed by atoms with Crippen LogP contribution in [0.15, 0.2) is 24.4 Å². The molecule has 1 amide bonds. The first kappa shape index (κ1) is 11.3. The van der Waals surface area contributed by atoms with Gasteiger partial charge in [-0.1, -0.05) is 0 Å². The van der Waals surface area contributed by atoms with Crippen molar-refractivity contribution in [3.63, 3.8) is 0 Å². The molecule has 1 aromatic carbocycles. The lowest BCUT2D eigenvalue weighted by Gasteiger charge is -2.06. The Morgan fingerprint density at radius 1 is 1.24 bits per heavy atom. The summed E-state index contributed by atoms with van der Waals surface area (Å²) in [7, 11) is 0. The van der Waals surface area contributed by atoms with E-state index in [1.807, 2.05) is 0 Å². The number of fused-ring (bicyclic) bond motifs is 1. The molecule has 0 aliphatic heterocycles. The zero-order valence-corrected chi connectivity index (χ0v) is 8.32. The van der Waals surface area contributed by atoms with Crippen LogP contribution in [0.3, 0.4) is 0 Å². The number of nitrogens with zero attached hydrogens (tertiary/aromatic N) is 2. The number of aromatic nitrogens is 2. The van der Waals surface area contributed by atoms with Gasteiger partial charge < -0.3 is 5.73 Å². The summed E-state index contributed by atoms with van der Waals surface area (Å²) in [4.78, 5) is 17.9. The van der Waals surface area contributed by atoms with Crippen molar-refractivity contribution < 1.29 is 18.0 Å². The molecule has 2 aromatic rings. The van der Waals surface area contributed by atoms with Gasteiger partial charge in [-0.15, -0.1) is 0 Å². The minimum absolute atomic E-state index is 0.0600. The van der Waals surface area contributed by atoms with Crippen molar-refractivity contribution in [2.24, 2.45) is 5.73 Å². The molecule has 0 saturated carbocycles. The van der Waals surface area contributed by atoms with Gasteiger partial charge in [0.25, 0.3) is 0 Å². The number of nitrogens with two attached hydrogens (primary N) is 1. The molecule has 0 unspecified atom stereocenters. The fourth-order valence-corrected chi connectivity index (χ4v) is 1.30. The Morgan fingerprint density at radius 3 is 2.53 bits per heavy atom. The Balaban J connectivity index is 2.58. The lowest BCUT2D eigenvalue weighted by Crippen LogP contribution is -2.11. The third-order valence-corrected chi connectivity index (χ3v) is 2.12. The molecule has 0 bridgehead atoms. The Morgan fingerprint density at radius 2 is 1.94 bits per heavy atom. The molecule has 0 fully saturated rings. The van der Waals surface area contributed by atoms with E-state index in [-0.39, 0.29) is 16.6 Å². The number of carbonyl (C=O) groups is 1. The van der Waals surface area contributed by atoms with Crippen LogP contribution < -0.4 is 5.73 Å². The number of halogens is 3. The molecule has 0 atom stereocenters. The molecule has 0 aliphatic carbocycles. The smallest absolute Gasteiger partial charge is 0.366 e. The molecular formula is C10H6F3N3O. The van der Waals surface area contributed by atoms with Crippen LogP contribution in [-0.2, 0) is 6.18 Å². The largest absolute Gasteiger partial charge is 0.434 e. The molecule has 0 aliphatic rings. The predicted octanol–water partition coefficient (Wildman–Crippen LogP) is 1.75. The van der Waals surface area contributed by atoms with Gasteiger partial charge in [-0.05, 0) is 18.2 Å². The number of primary amides is 1. The van der Waals surface area contributed by atoms with Gasteiger partial charge in [0, 0.05) is 5.56 Å². The van der Waals surface area contributed by atoms with E-state index >= 15 is 0 Å². The monoisotopic (exact) mass is 241 g/mol. The van der Waals surface area contributed by atoms with E-state index in [9.17, 15) is 18.0 Å². The Labute approximate surface area is 93.3 Å². The van der Waals surface area contributed by atoms with E-state index in [1.165, 1.54) is 18.2 Å². The maximum Gasteiger partial charge on any atom is 0.434 e. The average molecular weight is 241 g/mol. The van der Waals surface area contributed by atoms with Crippen molar-refractivity contribution in [2.45, 2.75) is 6.18 Å². The molecule has 0 saturated heterocycles. The normalized spacial score (nSPS) is 11.7. The second-order valence-electron chi connectivity index (χ2n) is 3.32. The number of hydrogen-bond acceptors (Lipinski definition) is 3. The molecule has 0 spiro atoms. The van der Waals surface area contributed by atoms with Crippen LogP contribution in [0.2, 0.25) is 0 Å². The molecule has 1 heterocycles. The van der Waals surface area contributed by atoms with E-state index in [0.29, 0.717) is 6.20 Å². The summed E-state index contributed by atoms with van der Waals surface area (Å²) < 4.78 is 37.0. The standard InChI is InChI=1S/C10H6F3N3O/c11-10(12,13)8-4-15-7-3-5(9(14)17)1-2-6(7)16-8/h1-4H,(H2,14,17). The maximum absolute atomic E-state index is 12.3. The maximum atomic E-state index is 12.3. The summed E-state index contributed by atoms with van der Waals surface area (Å²) in [5.74, 6) is -0.673. The summed E-state index contributed by atoms with van der Waals surface area (Å²) in [6.45, 7) is 0. The van der Waals surface area contributed by atoms with Gasteiger partial charge in [0.15, 0.2) is 5.69 Å². The van der Waals surface area contributed by atoms with Crippen molar-refractivity contribution in [3.8, 4) is 0 Å². The van der Waals surface area contributed by atoms with Crippen molar-refractivity contribution in [2.75, 3.05) is 0 Å². The molecule has 2 N–H and O–H groups in total. The van der Waals surface area contributed by atoms with Gasteiger partial charge >= 0.3 is 6.18 Å². The highest BCUT2D eigenvalue weighted by atomic mass is 19.4. The number of rotatable bonds is 1.